The van der Waals surface area contributed by atoms with Crippen molar-refractivity contribution in [2.45, 2.75) is 26.6 Å². The minimum absolute atomic E-state index is 0.123. The van der Waals surface area contributed by atoms with E-state index in [2.05, 4.69) is 4.98 Å². The monoisotopic (exact) mass is 393 g/mol. The summed E-state index contributed by atoms with van der Waals surface area (Å²) in [6.45, 7) is 3.18. The van der Waals surface area contributed by atoms with Gasteiger partial charge in [0.25, 0.3) is 5.56 Å². The predicted molar refractivity (Wildman–Crippen MR) is 110 cm³/mol. The van der Waals surface area contributed by atoms with E-state index in [1.165, 1.54) is 16.8 Å². The van der Waals surface area contributed by atoms with Crippen LogP contribution in [0.2, 0.25) is 0 Å². The molecule has 7 heteroatoms. The van der Waals surface area contributed by atoms with Crippen LogP contribution < -0.4 is 16.0 Å². The summed E-state index contributed by atoms with van der Waals surface area (Å²) in [5, 5.41) is 0. The lowest BCUT2D eigenvalue weighted by molar-refractivity contribution is -0.132. The fraction of sp³-hybridized carbons (Fsp3) is 0.227. The first-order chi connectivity index (χ1) is 14.0. The molecule has 0 radical (unpaired) electrons. The van der Waals surface area contributed by atoms with Crippen molar-refractivity contribution in [1.29, 1.82) is 0 Å². The number of benzene rings is 2. The van der Waals surface area contributed by atoms with Crippen molar-refractivity contribution in [2.75, 3.05) is 6.54 Å². The van der Waals surface area contributed by atoms with Gasteiger partial charge in [0.2, 0.25) is 5.91 Å². The number of carbonyl (C=O) groups excluding carboxylic acids is 1. The van der Waals surface area contributed by atoms with Gasteiger partial charge in [-0.05, 0) is 30.2 Å². The molecule has 0 spiro atoms. The number of ether oxygens (including phenoxy) is 1. The van der Waals surface area contributed by atoms with Gasteiger partial charge in [-0.3, -0.25) is 19.1 Å². The summed E-state index contributed by atoms with van der Waals surface area (Å²) in [5.74, 6) is 0.554. The van der Waals surface area contributed by atoms with Gasteiger partial charge in [0.05, 0.1) is 0 Å². The molecule has 0 bridgehead atoms. The van der Waals surface area contributed by atoms with Gasteiger partial charge in [-0.25, -0.2) is 4.79 Å². The molecule has 1 aromatic heterocycles. The highest BCUT2D eigenvalue weighted by molar-refractivity contribution is 5.76. The van der Waals surface area contributed by atoms with Crippen LogP contribution in [-0.4, -0.2) is 26.9 Å². The predicted octanol–water partition coefficient (Wildman–Crippen LogP) is 2.16. The van der Waals surface area contributed by atoms with E-state index in [1.54, 1.807) is 4.90 Å². The zero-order valence-corrected chi connectivity index (χ0v) is 16.2. The Hall–Kier alpha value is -3.61. The zero-order valence-electron chi connectivity index (χ0n) is 16.2. The number of nitrogens with one attached hydrogen (secondary N) is 1. The van der Waals surface area contributed by atoms with E-state index in [4.69, 9.17) is 4.74 Å². The van der Waals surface area contributed by atoms with Gasteiger partial charge in [0.1, 0.15) is 18.9 Å². The lowest BCUT2D eigenvalue weighted by Crippen LogP contribution is -2.37. The van der Waals surface area contributed by atoms with Crippen molar-refractivity contribution in [2.24, 2.45) is 0 Å². The molecule has 1 amide bonds. The summed E-state index contributed by atoms with van der Waals surface area (Å²) in [6, 6.07) is 18.7. The van der Waals surface area contributed by atoms with Crippen molar-refractivity contribution in [1.82, 2.24) is 14.5 Å². The normalized spacial score (nSPS) is 10.5. The minimum Gasteiger partial charge on any atom is -0.489 e. The van der Waals surface area contributed by atoms with Crippen molar-refractivity contribution in [3.63, 3.8) is 0 Å². The van der Waals surface area contributed by atoms with E-state index >= 15 is 0 Å². The molecular weight excluding hydrogens is 370 g/mol. The van der Waals surface area contributed by atoms with Gasteiger partial charge in [0.15, 0.2) is 0 Å². The smallest absolute Gasteiger partial charge is 0.328 e. The average molecular weight is 393 g/mol. The molecule has 0 saturated heterocycles. The molecule has 7 nitrogen and oxygen atoms in total. The molecule has 29 heavy (non-hydrogen) atoms. The lowest BCUT2D eigenvalue weighted by atomic mass is 10.2. The quantitative estimate of drug-likeness (QED) is 0.636. The molecule has 3 rings (SSSR count). The summed E-state index contributed by atoms with van der Waals surface area (Å²) >= 11 is 0. The van der Waals surface area contributed by atoms with Gasteiger partial charge in [0, 0.05) is 25.4 Å². The number of aromatic nitrogens is 2. The maximum absolute atomic E-state index is 12.6. The molecule has 0 fully saturated rings. The molecule has 0 aliphatic carbocycles. The van der Waals surface area contributed by atoms with Gasteiger partial charge in [-0.15, -0.1) is 0 Å². The number of amides is 1. The lowest BCUT2D eigenvalue weighted by Gasteiger charge is -2.21. The topological polar surface area (TPSA) is 84.4 Å². The Balaban J connectivity index is 1.59. The first-order valence-electron chi connectivity index (χ1n) is 9.38. The van der Waals surface area contributed by atoms with Crippen molar-refractivity contribution >= 4 is 5.91 Å². The number of aromatic amines is 1. The first-order valence-corrected chi connectivity index (χ1v) is 9.38. The average Bonchev–Trinajstić information content (AvgIpc) is 2.74. The number of likely N-dealkylation sites (N-methyl/N-ethyl adjacent to an activating group) is 1. The van der Waals surface area contributed by atoms with Crippen molar-refractivity contribution < 1.29 is 9.53 Å². The largest absolute Gasteiger partial charge is 0.489 e. The van der Waals surface area contributed by atoms with Gasteiger partial charge >= 0.3 is 5.69 Å². The Morgan fingerprint density at radius 3 is 2.38 bits per heavy atom. The van der Waals surface area contributed by atoms with Gasteiger partial charge in [-0.1, -0.05) is 42.5 Å². The molecule has 1 N–H and O–H groups in total. The van der Waals surface area contributed by atoms with Crippen molar-refractivity contribution in [3.05, 3.63) is 98.8 Å². The number of rotatable bonds is 8. The van der Waals surface area contributed by atoms with Crippen LogP contribution in [0.25, 0.3) is 0 Å². The van der Waals surface area contributed by atoms with E-state index < -0.39 is 11.2 Å². The summed E-state index contributed by atoms with van der Waals surface area (Å²) in [6.07, 6.45) is 1.33. The Labute approximate surface area is 168 Å². The van der Waals surface area contributed by atoms with Crippen LogP contribution in [0.1, 0.15) is 18.1 Å². The van der Waals surface area contributed by atoms with Gasteiger partial charge in [-0.2, -0.15) is 0 Å². The van der Waals surface area contributed by atoms with Crippen molar-refractivity contribution in [3.8, 4) is 5.75 Å². The third-order valence-corrected chi connectivity index (χ3v) is 4.48. The van der Waals surface area contributed by atoms with Crippen LogP contribution in [0.5, 0.6) is 5.75 Å². The standard InChI is InChI=1S/C22H23N3O4/c1-2-24(21(27)15-25-13-12-20(26)23-22(25)28)14-17-8-10-19(11-9-17)29-16-18-6-4-3-5-7-18/h3-13H,2,14-16H2,1H3,(H,23,26,28). The van der Waals surface area contributed by atoms with Crippen LogP contribution >= 0.6 is 0 Å². The third kappa shape index (κ3) is 5.68. The summed E-state index contributed by atoms with van der Waals surface area (Å²) in [5.41, 5.74) is 0.973. The number of hydrogen-bond acceptors (Lipinski definition) is 4. The van der Waals surface area contributed by atoms with Crippen LogP contribution in [0.3, 0.4) is 0 Å². The Morgan fingerprint density at radius 1 is 1.00 bits per heavy atom. The van der Waals surface area contributed by atoms with Crippen LogP contribution in [-0.2, 0) is 24.5 Å². The second-order valence-corrected chi connectivity index (χ2v) is 6.56. The highest BCUT2D eigenvalue weighted by Crippen LogP contribution is 2.15. The molecule has 3 aromatic rings. The fourth-order valence-corrected chi connectivity index (χ4v) is 2.84. The second-order valence-electron chi connectivity index (χ2n) is 6.56. The summed E-state index contributed by atoms with van der Waals surface area (Å²) < 4.78 is 6.97. The summed E-state index contributed by atoms with van der Waals surface area (Å²) in [7, 11) is 0. The Kier molecular flexibility index (Phi) is 6.63. The molecule has 2 aromatic carbocycles. The number of nitrogens with zero attached hydrogens (tertiary/aromatic N) is 2. The van der Waals surface area contributed by atoms with E-state index in [0.717, 1.165) is 16.9 Å². The first kappa shape index (κ1) is 20.1. The molecular formula is C22H23N3O4. The number of hydrogen-bond donors (Lipinski definition) is 1. The molecule has 0 aliphatic heterocycles. The SMILES string of the molecule is CCN(Cc1ccc(OCc2ccccc2)cc1)C(=O)Cn1ccc(=O)[nH]c1=O. The van der Waals surface area contributed by atoms with Crippen LogP contribution in [0.15, 0.2) is 76.4 Å². The number of carbonyl (C=O) groups is 1. The number of H-pyrrole nitrogens is 1. The molecule has 150 valence electrons. The van der Waals surface area contributed by atoms with E-state index in [1.807, 2.05) is 61.5 Å². The maximum atomic E-state index is 12.6. The minimum atomic E-state index is -0.596. The molecule has 0 unspecified atom stereocenters. The van der Waals surface area contributed by atoms with Crippen LogP contribution in [0, 0.1) is 0 Å². The molecule has 0 atom stereocenters. The highest BCUT2D eigenvalue weighted by Gasteiger charge is 2.14. The van der Waals surface area contributed by atoms with E-state index in [-0.39, 0.29) is 12.5 Å². The Bertz CT molecular complexity index is 1060. The third-order valence-electron chi connectivity index (χ3n) is 4.48. The molecule has 0 aliphatic rings. The zero-order chi connectivity index (χ0) is 20.6. The Morgan fingerprint density at radius 2 is 1.72 bits per heavy atom. The van der Waals surface area contributed by atoms with E-state index in [9.17, 15) is 14.4 Å². The van der Waals surface area contributed by atoms with Crippen LogP contribution in [0.4, 0.5) is 0 Å². The second kappa shape index (κ2) is 9.54. The van der Waals surface area contributed by atoms with E-state index in [0.29, 0.717) is 19.7 Å². The molecule has 0 saturated carbocycles. The highest BCUT2D eigenvalue weighted by atomic mass is 16.5. The van der Waals surface area contributed by atoms with Gasteiger partial charge < -0.3 is 9.64 Å². The maximum Gasteiger partial charge on any atom is 0.328 e. The summed E-state index contributed by atoms with van der Waals surface area (Å²) in [4.78, 5) is 39.3. The molecule has 1 heterocycles. The fourth-order valence-electron chi connectivity index (χ4n) is 2.84.